The minimum Gasteiger partial charge on any atom is -0.385 e. The normalized spacial score (nSPS) is 12.3. The van der Waals surface area contributed by atoms with Crippen molar-refractivity contribution in [2.24, 2.45) is 5.41 Å². The van der Waals surface area contributed by atoms with Crippen molar-refractivity contribution in [2.45, 2.75) is 47.6 Å². The summed E-state index contributed by atoms with van der Waals surface area (Å²) in [5.41, 5.74) is 9.56. The van der Waals surface area contributed by atoms with Gasteiger partial charge in [0.15, 0.2) is 0 Å². The third kappa shape index (κ3) is 3.02. The second-order valence-corrected chi connectivity index (χ2v) is 6.56. The highest BCUT2D eigenvalue weighted by Crippen LogP contribution is 2.31. The van der Waals surface area contributed by atoms with Gasteiger partial charge in [0.05, 0.1) is 5.39 Å². The van der Waals surface area contributed by atoms with Gasteiger partial charge in [0.1, 0.15) is 17.3 Å². The van der Waals surface area contributed by atoms with Crippen molar-refractivity contribution >= 4 is 16.9 Å². The Morgan fingerprint density at radius 3 is 2.48 bits per heavy atom. The fraction of sp³-hybridized carbons (Fsp3) is 0.625. The number of nitrogen functional groups attached to an aromatic ring is 1. The quantitative estimate of drug-likeness (QED) is 0.919. The lowest BCUT2D eigenvalue weighted by molar-refractivity contribution is 0.143. The number of fused-ring (bicyclic) bond motifs is 1. The lowest BCUT2D eigenvalue weighted by Crippen LogP contribution is -2.22. The van der Waals surface area contributed by atoms with E-state index in [9.17, 15) is 0 Å². The van der Waals surface area contributed by atoms with Crippen LogP contribution >= 0.6 is 0 Å². The molecule has 5 nitrogen and oxygen atoms in total. The van der Waals surface area contributed by atoms with Crippen LogP contribution < -0.4 is 5.73 Å². The SMILES string of the molecule is COCCC(C)(C)Cn1c(C)c(C)c2c(N)nc(C)nc21. The summed E-state index contributed by atoms with van der Waals surface area (Å²) in [6.45, 7) is 12.3. The van der Waals surface area contributed by atoms with Gasteiger partial charge in [0.25, 0.3) is 0 Å². The monoisotopic (exact) mass is 290 g/mol. The number of aryl methyl sites for hydroxylation is 2. The maximum atomic E-state index is 6.10. The average molecular weight is 290 g/mol. The molecule has 2 aromatic heterocycles. The maximum Gasteiger partial charge on any atom is 0.146 e. The summed E-state index contributed by atoms with van der Waals surface area (Å²) in [6, 6.07) is 0. The molecule has 0 aliphatic carbocycles. The van der Waals surface area contributed by atoms with Gasteiger partial charge in [-0.2, -0.15) is 0 Å². The first-order chi connectivity index (χ1) is 9.76. The summed E-state index contributed by atoms with van der Waals surface area (Å²) in [5, 5.41) is 0.987. The predicted octanol–water partition coefficient (Wildman–Crippen LogP) is 3.00. The smallest absolute Gasteiger partial charge is 0.146 e. The van der Waals surface area contributed by atoms with E-state index in [2.05, 4.69) is 42.2 Å². The molecule has 0 saturated carbocycles. The summed E-state index contributed by atoms with van der Waals surface area (Å²) in [5.74, 6) is 1.29. The number of rotatable bonds is 5. The summed E-state index contributed by atoms with van der Waals surface area (Å²) in [4.78, 5) is 8.92. The Morgan fingerprint density at radius 1 is 1.19 bits per heavy atom. The molecule has 2 heterocycles. The summed E-state index contributed by atoms with van der Waals surface area (Å²) in [6.07, 6.45) is 1.00. The van der Waals surface area contributed by atoms with Crippen LogP contribution in [0.1, 0.15) is 37.4 Å². The largest absolute Gasteiger partial charge is 0.385 e. The first-order valence-electron chi connectivity index (χ1n) is 7.35. The van der Waals surface area contributed by atoms with Gasteiger partial charge < -0.3 is 15.0 Å². The van der Waals surface area contributed by atoms with Crippen molar-refractivity contribution in [1.29, 1.82) is 0 Å². The Hall–Kier alpha value is -1.62. The van der Waals surface area contributed by atoms with Crippen LogP contribution in [0.2, 0.25) is 0 Å². The standard InChI is InChI=1S/C16H26N4O/c1-10-11(2)20(9-16(4,5)7-8-21-6)15-13(10)14(17)18-12(3)19-15/h7-9H2,1-6H3,(H2,17,18,19). The van der Waals surface area contributed by atoms with Gasteiger partial charge in [-0.25, -0.2) is 9.97 Å². The molecule has 0 fully saturated rings. The molecule has 0 aliphatic heterocycles. The van der Waals surface area contributed by atoms with Crippen LogP contribution in [0, 0.1) is 26.2 Å². The van der Waals surface area contributed by atoms with Gasteiger partial charge in [-0.05, 0) is 38.2 Å². The van der Waals surface area contributed by atoms with E-state index in [1.54, 1.807) is 7.11 Å². The van der Waals surface area contributed by atoms with E-state index >= 15 is 0 Å². The van der Waals surface area contributed by atoms with Gasteiger partial charge in [0.2, 0.25) is 0 Å². The lowest BCUT2D eigenvalue weighted by atomic mass is 9.89. The first kappa shape index (κ1) is 15.8. The van der Waals surface area contributed by atoms with E-state index in [1.807, 2.05) is 6.92 Å². The molecular formula is C16H26N4O. The number of methoxy groups -OCH3 is 1. The Balaban J connectivity index is 2.51. The maximum absolute atomic E-state index is 6.10. The molecule has 0 spiro atoms. The van der Waals surface area contributed by atoms with Crippen LogP contribution in [0.25, 0.3) is 11.0 Å². The van der Waals surface area contributed by atoms with Crippen molar-refractivity contribution in [3.05, 3.63) is 17.1 Å². The van der Waals surface area contributed by atoms with E-state index in [0.29, 0.717) is 11.6 Å². The summed E-state index contributed by atoms with van der Waals surface area (Å²) < 4.78 is 7.49. The van der Waals surface area contributed by atoms with E-state index in [0.717, 1.165) is 30.6 Å². The second-order valence-electron chi connectivity index (χ2n) is 6.56. The van der Waals surface area contributed by atoms with Gasteiger partial charge in [0, 0.05) is 26.0 Å². The van der Waals surface area contributed by atoms with E-state index < -0.39 is 0 Å². The summed E-state index contributed by atoms with van der Waals surface area (Å²) >= 11 is 0. The zero-order valence-electron chi connectivity index (χ0n) is 13.9. The Morgan fingerprint density at radius 2 is 1.86 bits per heavy atom. The number of nitrogens with zero attached hydrogens (tertiary/aromatic N) is 3. The minimum atomic E-state index is 0.132. The van der Waals surface area contributed by atoms with Gasteiger partial charge in [-0.3, -0.25) is 0 Å². The van der Waals surface area contributed by atoms with E-state index in [1.165, 1.54) is 11.3 Å². The minimum absolute atomic E-state index is 0.132. The van der Waals surface area contributed by atoms with Crippen molar-refractivity contribution in [2.75, 3.05) is 19.5 Å². The topological polar surface area (TPSA) is 66.0 Å². The van der Waals surface area contributed by atoms with Crippen molar-refractivity contribution in [3.63, 3.8) is 0 Å². The molecule has 116 valence electrons. The van der Waals surface area contributed by atoms with Gasteiger partial charge in [-0.1, -0.05) is 13.8 Å². The molecule has 2 rings (SSSR count). The van der Waals surface area contributed by atoms with Crippen LogP contribution in [0.4, 0.5) is 5.82 Å². The number of anilines is 1. The molecule has 0 unspecified atom stereocenters. The molecule has 0 aliphatic rings. The molecule has 0 atom stereocenters. The van der Waals surface area contributed by atoms with Crippen LogP contribution in [0.5, 0.6) is 0 Å². The molecule has 21 heavy (non-hydrogen) atoms. The number of hydrogen-bond acceptors (Lipinski definition) is 4. The van der Waals surface area contributed by atoms with Gasteiger partial charge in [-0.15, -0.1) is 0 Å². The number of nitrogens with two attached hydrogens (primary N) is 1. The molecule has 0 radical (unpaired) electrons. The number of hydrogen-bond donors (Lipinski definition) is 1. The summed E-state index contributed by atoms with van der Waals surface area (Å²) in [7, 11) is 1.74. The molecule has 2 aromatic rings. The fourth-order valence-electron chi connectivity index (χ4n) is 2.76. The third-order valence-corrected chi connectivity index (χ3v) is 4.18. The molecular weight excluding hydrogens is 264 g/mol. The molecule has 0 bridgehead atoms. The zero-order valence-corrected chi connectivity index (χ0v) is 13.9. The molecule has 0 aromatic carbocycles. The number of aromatic nitrogens is 3. The Bertz CT molecular complexity index is 658. The molecule has 0 saturated heterocycles. The Kier molecular flexibility index (Phi) is 4.23. The Labute approximate surface area is 126 Å². The van der Waals surface area contributed by atoms with E-state index in [4.69, 9.17) is 10.5 Å². The van der Waals surface area contributed by atoms with Gasteiger partial charge >= 0.3 is 0 Å². The molecule has 2 N–H and O–H groups in total. The number of ether oxygens (including phenoxy) is 1. The first-order valence-corrected chi connectivity index (χ1v) is 7.35. The van der Waals surface area contributed by atoms with Crippen molar-refractivity contribution in [3.8, 4) is 0 Å². The van der Waals surface area contributed by atoms with E-state index in [-0.39, 0.29) is 5.41 Å². The van der Waals surface area contributed by atoms with Crippen LogP contribution in [0.3, 0.4) is 0 Å². The average Bonchev–Trinajstić information content (AvgIpc) is 2.61. The highest BCUT2D eigenvalue weighted by Gasteiger charge is 2.23. The van der Waals surface area contributed by atoms with Crippen molar-refractivity contribution < 1.29 is 4.74 Å². The van der Waals surface area contributed by atoms with Crippen LogP contribution in [-0.2, 0) is 11.3 Å². The van der Waals surface area contributed by atoms with Crippen LogP contribution in [-0.4, -0.2) is 28.3 Å². The fourth-order valence-corrected chi connectivity index (χ4v) is 2.76. The highest BCUT2D eigenvalue weighted by molar-refractivity contribution is 5.91. The zero-order chi connectivity index (χ0) is 15.8. The second kappa shape index (κ2) is 5.64. The highest BCUT2D eigenvalue weighted by atomic mass is 16.5. The lowest BCUT2D eigenvalue weighted by Gasteiger charge is -2.26. The third-order valence-electron chi connectivity index (χ3n) is 4.18. The predicted molar refractivity (Wildman–Crippen MR) is 86.4 cm³/mol. The molecule has 0 amide bonds. The molecule has 5 heteroatoms. The van der Waals surface area contributed by atoms with Crippen molar-refractivity contribution in [1.82, 2.24) is 14.5 Å². The van der Waals surface area contributed by atoms with Crippen LogP contribution in [0.15, 0.2) is 0 Å².